The minimum absolute atomic E-state index is 0.0909. The molecule has 4 N–H and O–H groups in total. The van der Waals surface area contributed by atoms with Crippen molar-refractivity contribution in [1.82, 2.24) is 20.8 Å². The van der Waals surface area contributed by atoms with Gasteiger partial charge in [-0.25, -0.2) is 4.79 Å². The van der Waals surface area contributed by atoms with Gasteiger partial charge in [0.15, 0.2) is 0 Å². The van der Waals surface area contributed by atoms with Crippen molar-refractivity contribution in [3.63, 3.8) is 0 Å². The van der Waals surface area contributed by atoms with Gasteiger partial charge in [0.25, 0.3) is 11.8 Å². The number of benzene rings is 2. The van der Waals surface area contributed by atoms with Gasteiger partial charge < -0.3 is 15.6 Å². The van der Waals surface area contributed by atoms with Crippen LogP contribution in [0.1, 0.15) is 42.5 Å². The molecule has 0 spiro atoms. The number of hydrogen-bond donors (Lipinski definition) is 3. The Morgan fingerprint density at radius 3 is 2.63 bits per heavy atom. The van der Waals surface area contributed by atoms with Crippen molar-refractivity contribution < 1.29 is 14.1 Å². The van der Waals surface area contributed by atoms with E-state index in [1.54, 1.807) is 31.2 Å². The maximum absolute atomic E-state index is 12.1. The summed E-state index contributed by atoms with van der Waals surface area (Å²) in [5, 5.41) is 9.01. The van der Waals surface area contributed by atoms with Gasteiger partial charge in [-0.05, 0) is 55.0 Å². The van der Waals surface area contributed by atoms with E-state index in [1.807, 2.05) is 6.07 Å². The minimum Gasteiger partial charge on any atom is -0.334 e. The van der Waals surface area contributed by atoms with Crippen LogP contribution >= 0.6 is 0 Å². The van der Waals surface area contributed by atoms with E-state index in [4.69, 9.17) is 10.3 Å². The number of urea groups is 1. The third-order valence-electron chi connectivity index (χ3n) is 5.94. The van der Waals surface area contributed by atoms with Crippen LogP contribution in [0.4, 0.5) is 4.79 Å². The van der Waals surface area contributed by atoms with E-state index < -0.39 is 11.6 Å². The van der Waals surface area contributed by atoms with Crippen LogP contribution in [-0.4, -0.2) is 22.1 Å². The van der Waals surface area contributed by atoms with Crippen LogP contribution in [0.25, 0.3) is 22.8 Å². The number of carbonyl (C=O) groups is 2. The summed E-state index contributed by atoms with van der Waals surface area (Å²) in [5.74, 6) is 0.524. The van der Waals surface area contributed by atoms with Crippen LogP contribution in [0.5, 0.6) is 0 Å². The van der Waals surface area contributed by atoms with Crippen LogP contribution < -0.4 is 16.4 Å². The second kappa shape index (κ2) is 6.77. The van der Waals surface area contributed by atoms with E-state index >= 15 is 0 Å². The van der Waals surface area contributed by atoms with Crippen LogP contribution in [0.15, 0.2) is 47.0 Å². The molecule has 3 aromatic rings. The molecule has 5 rings (SSSR count). The molecule has 1 aliphatic carbocycles. The van der Waals surface area contributed by atoms with Crippen molar-refractivity contribution in [2.75, 3.05) is 0 Å². The molecule has 1 aliphatic heterocycles. The third kappa shape index (κ3) is 2.96. The molecule has 1 aromatic heterocycles. The first-order valence-electron chi connectivity index (χ1n) is 9.91. The molecule has 0 bridgehead atoms. The highest BCUT2D eigenvalue weighted by atomic mass is 16.5. The van der Waals surface area contributed by atoms with Crippen LogP contribution in [-0.2, 0) is 16.8 Å². The molecule has 2 heterocycles. The largest absolute Gasteiger partial charge is 0.334 e. The third-order valence-corrected chi connectivity index (χ3v) is 5.94. The average molecular weight is 403 g/mol. The molecule has 2 atom stereocenters. The lowest BCUT2D eigenvalue weighted by atomic mass is 9.87. The lowest BCUT2D eigenvalue weighted by Gasteiger charge is -2.22. The number of nitrogens with one attached hydrogen (secondary N) is 2. The van der Waals surface area contributed by atoms with Crippen LogP contribution in [0, 0.1) is 0 Å². The summed E-state index contributed by atoms with van der Waals surface area (Å²) in [6, 6.07) is 12.8. The fourth-order valence-corrected chi connectivity index (χ4v) is 4.14. The molecule has 30 heavy (non-hydrogen) atoms. The first-order valence-corrected chi connectivity index (χ1v) is 9.91. The Morgan fingerprint density at radius 2 is 1.90 bits per heavy atom. The quantitative estimate of drug-likeness (QED) is 0.578. The standard InChI is InChI=1S/C22H21N5O3/c1-22(20(28)25-21(29)26-22)15-8-5-12(6-9-15)18-24-19(30-27-18)14-7-10-16-13(11-14)3-2-4-17(16)23/h5-11,17H,2-4,23H2,1H3,(H2,25,26,28,29). The number of hydrogen-bond acceptors (Lipinski definition) is 6. The van der Waals surface area contributed by atoms with Crippen molar-refractivity contribution >= 4 is 11.9 Å². The molecule has 8 heteroatoms. The summed E-state index contributed by atoms with van der Waals surface area (Å²) < 4.78 is 5.49. The Balaban J connectivity index is 1.41. The first-order chi connectivity index (χ1) is 14.4. The number of nitrogens with zero attached hydrogens (tertiary/aromatic N) is 2. The number of fused-ring (bicyclic) bond motifs is 1. The Morgan fingerprint density at radius 1 is 1.13 bits per heavy atom. The second-order valence-electron chi connectivity index (χ2n) is 7.95. The summed E-state index contributed by atoms with van der Waals surface area (Å²) in [7, 11) is 0. The Bertz CT molecular complexity index is 1150. The van der Waals surface area contributed by atoms with Gasteiger partial charge >= 0.3 is 6.03 Å². The lowest BCUT2D eigenvalue weighted by Crippen LogP contribution is -2.40. The predicted molar refractivity (Wildman–Crippen MR) is 109 cm³/mol. The number of rotatable bonds is 3. The van der Waals surface area contributed by atoms with Gasteiger partial charge in [0.05, 0.1) is 0 Å². The van der Waals surface area contributed by atoms with Crippen molar-refractivity contribution in [3.05, 3.63) is 59.2 Å². The van der Waals surface area contributed by atoms with E-state index in [0.29, 0.717) is 17.3 Å². The molecular weight excluding hydrogens is 382 g/mol. The molecule has 2 aromatic carbocycles. The molecule has 0 radical (unpaired) electrons. The number of amides is 3. The summed E-state index contributed by atoms with van der Waals surface area (Å²) in [6.07, 6.45) is 3.09. The number of nitrogens with two attached hydrogens (primary N) is 1. The van der Waals surface area contributed by atoms with Crippen molar-refractivity contribution in [1.29, 1.82) is 0 Å². The second-order valence-corrected chi connectivity index (χ2v) is 7.95. The molecule has 1 saturated heterocycles. The maximum Gasteiger partial charge on any atom is 0.322 e. The summed E-state index contributed by atoms with van der Waals surface area (Å²) in [4.78, 5) is 28.1. The zero-order valence-electron chi connectivity index (χ0n) is 16.4. The minimum atomic E-state index is -1.10. The monoisotopic (exact) mass is 403 g/mol. The Hall–Kier alpha value is -3.52. The van der Waals surface area contributed by atoms with E-state index in [1.165, 1.54) is 11.1 Å². The molecule has 2 unspecified atom stereocenters. The molecule has 2 aliphatic rings. The highest BCUT2D eigenvalue weighted by molar-refractivity contribution is 6.07. The predicted octanol–water partition coefficient (Wildman–Crippen LogP) is 2.79. The van der Waals surface area contributed by atoms with Crippen molar-refractivity contribution in [3.8, 4) is 22.8 Å². The van der Waals surface area contributed by atoms with Gasteiger partial charge in [0.1, 0.15) is 5.54 Å². The van der Waals surface area contributed by atoms with E-state index in [2.05, 4.69) is 32.9 Å². The highest BCUT2D eigenvalue weighted by Crippen LogP contribution is 2.32. The van der Waals surface area contributed by atoms with Gasteiger partial charge in [-0.2, -0.15) is 4.98 Å². The van der Waals surface area contributed by atoms with E-state index in [9.17, 15) is 9.59 Å². The van der Waals surface area contributed by atoms with Crippen LogP contribution in [0.2, 0.25) is 0 Å². The zero-order valence-corrected chi connectivity index (χ0v) is 16.4. The number of carbonyl (C=O) groups excluding carboxylic acids is 2. The Labute approximate surface area is 172 Å². The smallest absolute Gasteiger partial charge is 0.322 e. The average Bonchev–Trinajstić information content (AvgIpc) is 3.33. The van der Waals surface area contributed by atoms with Gasteiger partial charge in [0.2, 0.25) is 5.82 Å². The lowest BCUT2D eigenvalue weighted by molar-refractivity contribution is -0.123. The molecule has 0 saturated carbocycles. The maximum atomic E-state index is 12.1. The summed E-state index contributed by atoms with van der Waals surface area (Å²) in [6.45, 7) is 1.66. The topological polar surface area (TPSA) is 123 Å². The SMILES string of the molecule is CC1(c2ccc(-c3noc(-c4ccc5c(c4)CCCC5N)n3)cc2)NC(=O)NC1=O. The van der Waals surface area contributed by atoms with Gasteiger partial charge in [-0.3, -0.25) is 10.1 Å². The number of imide groups is 1. The Kier molecular flexibility index (Phi) is 4.18. The summed E-state index contributed by atoms with van der Waals surface area (Å²) >= 11 is 0. The van der Waals surface area contributed by atoms with E-state index in [0.717, 1.165) is 30.4 Å². The first kappa shape index (κ1) is 18.5. The fraction of sp³-hybridized carbons (Fsp3) is 0.273. The van der Waals surface area contributed by atoms with Gasteiger partial charge in [0, 0.05) is 17.2 Å². The molecule has 3 amide bonds. The highest BCUT2D eigenvalue weighted by Gasteiger charge is 2.43. The zero-order chi connectivity index (χ0) is 20.9. The normalized spacial score (nSPS) is 23.1. The molecular formula is C22H21N5O3. The van der Waals surface area contributed by atoms with E-state index in [-0.39, 0.29) is 11.9 Å². The number of aromatic nitrogens is 2. The van der Waals surface area contributed by atoms with Crippen LogP contribution in [0.3, 0.4) is 0 Å². The number of aryl methyl sites for hydroxylation is 1. The van der Waals surface area contributed by atoms with Gasteiger partial charge in [-0.1, -0.05) is 35.5 Å². The van der Waals surface area contributed by atoms with Crippen molar-refractivity contribution in [2.45, 2.75) is 37.8 Å². The summed E-state index contributed by atoms with van der Waals surface area (Å²) in [5.41, 5.74) is 9.83. The molecule has 1 fully saturated rings. The van der Waals surface area contributed by atoms with Crippen molar-refractivity contribution in [2.24, 2.45) is 5.73 Å². The molecule has 8 nitrogen and oxygen atoms in total. The fourth-order valence-electron chi connectivity index (χ4n) is 4.14. The van der Waals surface area contributed by atoms with Gasteiger partial charge in [-0.15, -0.1) is 0 Å². The molecule has 152 valence electrons.